The average Bonchev–Trinajstić information content (AvgIpc) is 3.00. The molecule has 6 nitrogen and oxygen atoms in total. The normalized spacial score (nSPS) is 15.0. The van der Waals surface area contributed by atoms with Gasteiger partial charge in [0.2, 0.25) is 0 Å². The molecular weight excluding hydrogens is 275 g/mol. The summed E-state index contributed by atoms with van der Waals surface area (Å²) < 4.78 is 18.2. The predicted molar refractivity (Wildman–Crippen MR) is 76.0 cm³/mol. The molecule has 1 saturated heterocycles. The number of anilines is 2. The Morgan fingerprint density at radius 2 is 2.00 bits per heavy atom. The fourth-order valence-electron chi connectivity index (χ4n) is 2.22. The number of morpholine rings is 1. The second kappa shape index (κ2) is 5.92. The summed E-state index contributed by atoms with van der Waals surface area (Å²) in [7, 11) is 0. The van der Waals surface area contributed by atoms with Crippen molar-refractivity contribution < 1.29 is 13.9 Å². The predicted octanol–water partition coefficient (Wildman–Crippen LogP) is 1.64. The van der Waals surface area contributed by atoms with Crippen LogP contribution in [0.25, 0.3) is 0 Å². The first-order valence-corrected chi connectivity index (χ1v) is 6.67. The first-order chi connectivity index (χ1) is 10.2. The Labute approximate surface area is 120 Å². The number of H-pyrrole nitrogens is 1. The van der Waals surface area contributed by atoms with Crippen molar-refractivity contribution in [3.63, 3.8) is 0 Å². The van der Waals surface area contributed by atoms with Gasteiger partial charge in [0, 0.05) is 25.0 Å². The molecule has 21 heavy (non-hydrogen) atoms. The first-order valence-electron chi connectivity index (χ1n) is 6.67. The van der Waals surface area contributed by atoms with E-state index < -0.39 is 0 Å². The monoisotopic (exact) mass is 290 g/mol. The lowest BCUT2D eigenvalue weighted by atomic mass is 10.2. The number of hydrogen-bond donors (Lipinski definition) is 2. The maximum Gasteiger partial charge on any atom is 0.278 e. The van der Waals surface area contributed by atoms with Gasteiger partial charge in [-0.25, -0.2) is 4.39 Å². The highest BCUT2D eigenvalue weighted by Crippen LogP contribution is 2.20. The molecule has 1 amide bonds. The fraction of sp³-hybridized carbons (Fsp3) is 0.286. The highest BCUT2D eigenvalue weighted by molar-refractivity contribution is 6.06. The van der Waals surface area contributed by atoms with Crippen LogP contribution in [0.15, 0.2) is 30.5 Å². The van der Waals surface area contributed by atoms with Gasteiger partial charge in [-0.15, -0.1) is 0 Å². The lowest BCUT2D eigenvalue weighted by Gasteiger charge is -2.28. The van der Waals surface area contributed by atoms with Crippen LogP contribution in [0, 0.1) is 5.82 Å². The third-order valence-electron chi connectivity index (χ3n) is 3.29. The van der Waals surface area contributed by atoms with Crippen LogP contribution in [0.4, 0.5) is 15.8 Å². The molecular formula is C14H15FN4O2. The van der Waals surface area contributed by atoms with Crippen LogP contribution in [-0.2, 0) is 4.74 Å². The quantitative estimate of drug-likeness (QED) is 0.901. The Hall–Kier alpha value is -2.41. The molecule has 1 aliphatic rings. The molecule has 0 radical (unpaired) electrons. The Morgan fingerprint density at radius 1 is 1.29 bits per heavy atom. The van der Waals surface area contributed by atoms with Crippen LogP contribution < -0.4 is 10.2 Å². The molecule has 1 fully saturated rings. The standard InChI is InChI=1S/C14H15FN4O2/c15-10-1-3-11(4-2-10)17-14(20)13-12(9-16-18-13)19-5-7-21-8-6-19/h1-4,9H,5-8H2,(H,16,18)(H,17,20). The molecule has 0 bridgehead atoms. The molecule has 2 aromatic rings. The largest absolute Gasteiger partial charge is 0.378 e. The number of rotatable bonds is 3. The van der Waals surface area contributed by atoms with E-state index in [0.717, 1.165) is 18.8 Å². The van der Waals surface area contributed by atoms with E-state index in [9.17, 15) is 9.18 Å². The lowest BCUT2D eigenvalue weighted by Crippen LogP contribution is -2.37. The Morgan fingerprint density at radius 3 is 2.71 bits per heavy atom. The molecule has 0 unspecified atom stereocenters. The van der Waals surface area contributed by atoms with Crippen molar-refractivity contribution in [1.29, 1.82) is 0 Å². The molecule has 3 rings (SSSR count). The van der Waals surface area contributed by atoms with Crippen molar-refractivity contribution >= 4 is 17.3 Å². The van der Waals surface area contributed by atoms with Crippen LogP contribution in [0.1, 0.15) is 10.5 Å². The summed E-state index contributed by atoms with van der Waals surface area (Å²) in [5, 5.41) is 9.43. The summed E-state index contributed by atoms with van der Waals surface area (Å²) in [6.45, 7) is 2.70. The van der Waals surface area contributed by atoms with Gasteiger partial charge < -0.3 is 15.0 Å². The molecule has 0 saturated carbocycles. The topological polar surface area (TPSA) is 70.2 Å². The van der Waals surface area contributed by atoms with Gasteiger partial charge in [-0.1, -0.05) is 0 Å². The molecule has 7 heteroatoms. The summed E-state index contributed by atoms with van der Waals surface area (Å²) in [5.74, 6) is -0.675. The highest BCUT2D eigenvalue weighted by Gasteiger charge is 2.21. The van der Waals surface area contributed by atoms with Crippen molar-refractivity contribution in [3.8, 4) is 0 Å². The van der Waals surface area contributed by atoms with Gasteiger partial charge in [0.25, 0.3) is 5.91 Å². The second-order valence-corrected chi connectivity index (χ2v) is 4.68. The van der Waals surface area contributed by atoms with E-state index in [2.05, 4.69) is 15.5 Å². The molecule has 110 valence electrons. The summed E-state index contributed by atoms with van der Waals surface area (Å²) in [4.78, 5) is 14.3. The minimum Gasteiger partial charge on any atom is -0.378 e. The number of carbonyl (C=O) groups is 1. The molecule has 2 heterocycles. The van der Waals surface area contributed by atoms with Crippen LogP contribution in [0.5, 0.6) is 0 Å². The van der Waals surface area contributed by atoms with E-state index in [1.807, 2.05) is 4.90 Å². The zero-order valence-electron chi connectivity index (χ0n) is 11.3. The summed E-state index contributed by atoms with van der Waals surface area (Å²) in [6, 6.07) is 5.61. The van der Waals surface area contributed by atoms with Crippen molar-refractivity contribution in [2.24, 2.45) is 0 Å². The SMILES string of the molecule is O=C(Nc1ccc(F)cc1)c1n[nH]cc1N1CCOCC1. The number of hydrogen-bond acceptors (Lipinski definition) is 4. The second-order valence-electron chi connectivity index (χ2n) is 4.68. The zero-order valence-corrected chi connectivity index (χ0v) is 11.3. The minimum absolute atomic E-state index is 0.321. The van der Waals surface area contributed by atoms with Gasteiger partial charge in [-0.2, -0.15) is 5.10 Å². The number of carbonyl (C=O) groups excluding carboxylic acids is 1. The number of ether oxygens (including phenoxy) is 1. The van der Waals surface area contributed by atoms with Crippen molar-refractivity contribution in [2.75, 3.05) is 36.5 Å². The summed E-state index contributed by atoms with van der Waals surface area (Å²) in [5.41, 5.74) is 1.59. The number of nitrogens with one attached hydrogen (secondary N) is 2. The van der Waals surface area contributed by atoms with E-state index in [-0.39, 0.29) is 11.7 Å². The maximum atomic E-state index is 12.9. The van der Waals surface area contributed by atoms with Gasteiger partial charge in [0.15, 0.2) is 5.69 Å². The van der Waals surface area contributed by atoms with Gasteiger partial charge in [-0.05, 0) is 24.3 Å². The molecule has 1 aliphatic heterocycles. The van der Waals surface area contributed by atoms with Gasteiger partial charge in [-0.3, -0.25) is 9.89 Å². The van der Waals surface area contributed by atoms with Crippen molar-refractivity contribution in [1.82, 2.24) is 10.2 Å². The molecule has 0 spiro atoms. The molecule has 0 atom stereocenters. The van der Waals surface area contributed by atoms with Gasteiger partial charge in [0.05, 0.1) is 18.9 Å². The Balaban J connectivity index is 1.75. The molecule has 1 aromatic carbocycles. The summed E-state index contributed by atoms with van der Waals surface area (Å²) >= 11 is 0. The van der Waals surface area contributed by atoms with Crippen molar-refractivity contribution in [3.05, 3.63) is 42.0 Å². The van der Waals surface area contributed by atoms with Gasteiger partial charge in [0.1, 0.15) is 5.82 Å². The van der Waals surface area contributed by atoms with Crippen molar-refractivity contribution in [2.45, 2.75) is 0 Å². The average molecular weight is 290 g/mol. The highest BCUT2D eigenvalue weighted by atomic mass is 19.1. The molecule has 1 aromatic heterocycles. The fourth-order valence-corrected chi connectivity index (χ4v) is 2.22. The Kier molecular flexibility index (Phi) is 3.83. The zero-order chi connectivity index (χ0) is 14.7. The number of aromatic amines is 1. The summed E-state index contributed by atoms with van der Waals surface area (Å²) in [6.07, 6.45) is 1.70. The van der Waals surface area contributed by atoms with E-state index in [1.54, 1.807) is 6.20 Å². The number of halogens is 1. The van der Waals surface area contributed by atoms with E-state index in [4.69, 9.17) is 4.74 Å². The Bertz CT molecular complexity index is 620. The minimum atomic E-state index is -0.346. The molecule has 2 N–H and O–H groups in total. The van der Waals surface area contributed by atoms with Crippen LogP contribution in [0.3, 0.4) is 0 Å². The first kappa shape index (κ1) is 13.6. The van der Waals surface area contributed by atoms with E-state index in [1.165, 1.54) is 24.3 Å². The van der Waals surface area contributed by atoms with E-state index in [0.29, 0.717) is 24.6 Å². The maximum absolute atomic E-state index is 12.9. The van der Waals surface area contributed by atoms with E-state index >= 15 is 0 Å². The number of amides is 1. The van der Waals surface area contributed by atoms with Crippen LogP contribution in [-0.4, -0.2) is 42.4 Å². The number of nitrogens with zero attached hydrogens (tertiary/aromatic N) is 2. The molecule has 0 aliphatic carbocycles. The lowest BCUT2D eigenvalue weighted by molar-refractivity contribution is 0.102. The third-order valence-corrected chi connectivity index (χ3v) is 3.29. The van der Waals surface area contributed by atoms with Crippen LogP contribution in [0.2, 0.25) is 0 Å². The smallest absolute Gasteiger partial charge is 0.278 e. The number of aromatic nitrogens is 2. The third kappa shape index (κ3) is 3.03. The number of benzene rings is 1. The van der Waals surface area contributed by atoms with Gasteiger partial charge >= 0.3 is 0 Å². The van der Waals surface area contributed by atoms with Crippen LogP contribution >= 0.6 is 0 Å².